The van der Waals surface area contributed by atoms with Crippen LogP contribution in [-0.2, 0) is 14.3 Å². The number of halogens is 3. The predicted octanol–water partition coefficient (Wildman–Crippen LogP) is 1.31. The van der Waals surface area contributed by atoms with Gasteiger partial charge in [0.05, 0.1) is 13.5 Å². The van der Waals surface area contributed by atoms with E-state index in [2.05, 4.69) is 4.74 Å². The van der Waals surface area contributed by atoms with E-state index in [1.807, 2.05) is 0 Å². The number of rotatable bonds is 6. The van der Waals surface area contributed by atoms with Gasteiger partial charge in [0.25, 0.3) is 5.91 Å². The Morgan fingerprint density at radius 2 is 1.80 bits per heavy atom. The lowest BCUT2D eigenvalue weighted by Gasteiger charge is -2.33. The SMILES string of the molecule is COC(=O)CCN(CC(C)C)C(=O)C(C)(N)C(F)(F)F. The molecule has 0 spiro atoms. The number of alkyl halides is 3. The van der Waals surface area contributed by atoms with Crippen molar-refractivity contribution in [3.05, 3.63) is 0 Å². The highest BCUT2D eigenvalue weighted by Crippen LogP contribution is 2.29. The predicted molar refractivity (Wildman–Crippen MR) is 66.7 cm³/mol. The zero-order valence-corrected chi connectivity index (χ0v) is 12.1. The first-order valence-electron chi connectivity index (χ1n) is 6.15. The molecule has 0 aromatic carbocycles. The van der Waals surface area contributed by atoms with Gasteiger partial charge in [-0.1, -0.05) is 13.8 Å². The minimum atomic E-state index is -4.86. The molecule has 0 aromatic heterocycles. The normalized spacial score (nSPS) is 14.8. The summed E-state index contributed by atoms with van der Waals surface area (Å²) in [6.07, 6.45) is -5.03. The fourth-order valence-corrected chi connectivity index (χ4v) is 1.49. The second-order valence-electron chi connectivity index (χ2n) is 5.17. The van der Waals surface area contributed by atoms with Crippen molar-refractivity contribution in [2.75, 3.05) is 20.2 Å². The van der Waals surface area contributed by atoms with Gasteiger partial charge in [-0.15, -0.1) is 0 Å². The van der Waals surface area contributed by atoms with Crippen molar-refractivity contribution in [1.29, 1.82) is 0 Å². The Bertz CT molecular complexity index is 354. The molecule has 118 valence electrons. The third kappa shape index (κ3) is 4.99. The molecular formula is C12H21F3N2O3. The van der Waals surface area contributed by atoms with Crippen molar-refractivity contribution in [3.63, 3.8) is 0 Å². The van der Waals surface area contributed by atoms with Crippen LogP contribution < -0.4 is 5.73 Å². The number of amides is 1. The van der Waals surface area contributed by atoms with E-state index >= 15 is 0 Å². The molecule has 0 radical (unpaired) electrons. The van der Waals surface area contributed by atoms with Gasteiger partial charge in [0, 0.05) is 13.1 Å². The Morgan fingerprint density at radius 1 is 1.30 bits per heavy atom. The molecule has 5 nitrogen and oxygen atoms in total. The number of ether oxygens (including phenoxy) is 1. The van der Waals surface area contributed by atoms with Crippen LogP contribution in [0.2, 0.25) is 0 Å². The first-order chi connectivity index (χ1) is 8.93. The van der Waals surface area contributed by atoms with Crippen LogP contribution >= 0.6 is 0 Å². The van der Waals surface area contributed by atoms with Gasteiger partial charge in [0.2, 0.25) is 0 Å². The van der Waals surface area contributed by atoms with Crippen molar-refractivity contribution < 1.29 is 27.5 Å². The molecule has 0 aliphatic rings. The summed E-state index contributed by atoms with van der Waals surface area (Å²) >= 11 is 0. The van der Waals surface area contributed by atoms with Gasteiger partial charge in [-0.3, -0.25) is 9.59 Å². The van der Waals surface area contributed by atoms with E-state index in [1.165, 1.54) is 7.11 Å². The number of hydrogen-bond acceptors (Lipinski definition) is 4. The average molecular weight is 298 g/mol. The summed E-state index contributed by atoms with van der Waals surface area (Å²) < 4.78 is 42.8. The van der Waals surface area contributed by atoms with Gasteiger partial charge in [0.1, 0.15) is 0 Å². The Labute approximate surface area is 116 Å². The molecular weight excluding hydrogens is 277 g/mol. The second kappa shape index (κ2) is 6.92. The zero-order chi connectivity index (χ0) is 16.1. The largest absolute Gasteiger partial charge is 0.469 e. The molecule has 2 N–H and O–H groups in total. The Balaban J connectivity index is 5.03. The quantitative estimate of drug-likeness (QED) is 0.751. The first kappa shape index (κ1) is 18.7. The van der Waals surface area contributed by atoms with Crippen LogP contribution in [0.4, 0.5) is 13.2 Å². The third-order valence-corrected chi connectivity index (χ3v) is 2.72. The van der Waals surface area contributed by atoms with Crippen LogP contribution in [0.3, 0.4) is 0 Å². The fourth-order valence-electron chi connectivity index (χ4n) is 1.49. The molecule has 0 fully saturated rings. The van der Waals surface area contributed by atoms with E-state index in [0.29, 0.717) is 6.92 Å². The summed E-state index contributed by atoms with van der Waals surface area (Å²) in [5.74, 6) is -1.90. The van der Waals surface area contributed by atoms with E-state index in [-0.39, 0.29) is 25.4 Å². The summed E-state index contributed by atoms with van der Waals surface area (Å²) in [5.41, 5.74) is 2.15. The maximum atomic E-state index is 12.8. The standard InChI is InChI=1S/C12H21F3N2O3/c1-8(2)7-17(6-5-9(18)20-4)10(19)11(3,16)12(13,14)15/h8H,5-7,16H2,1-4H3. The molecule has 0 aromatic rings. The first-order valence-corrected chi connectivity index (χ1v) is 6.15. The van der Waals surface area contributed by atoms with E-state index in [0.717, 1.165) is 4.90 Å². The van der Waals surface area contributed by atoms with Crippen LogP contribution in [0, 0.1) is 5.92 Å². The molecule has 1 unspecified atom stereocenters. The molecule has 0 aliphatic carbocycles. The smallest absolute Gasteiger partial charge is 0.415 e. The minimum absolute atomic E-state index is 0.0550. The maximum Gasteiger partial charge on any atom is 0.415 e. The summed E-state index contributed by atoms with van der Waals surface area (Å²) in [6, 6.07) is 0. The molecule has 1 atom stereocenters. The average Bonchev–Trinajstić information content (AvgIpc) is 2.31. The van der Waals surface area contributed by atoms with Crippen molar-refractivity contribution in [2.24, 2.45) is 11.7 Å². The monoisotopic (exact) mass is 298 g/mol. The third-order valence-electron chi connectivity index (χ3n) is 2.72. The fraction of sp³-hybridized carbons (Fsp3) is 0.833. The molecule has 0 saturated heterocycles. The molecule has 0 bridgehead atoms. The Hall–Kier alpha value is -1.31. The molecule has 8 heteroatoms. The number of nitrogens with two attached hydrogens (primary N) is 1. The number of methoxy groups -OCH3 is 1. The summed E-state index contributed by atoms with van der Waals surface area (Å²) in [7, 11) is 1.17. The highest BCUT2D eigenvalue weighted by atomic mass is 19.4. The highest BCUT2D eigenvalue weighted by Gasteiger charge is 2.55. The second-order valence-corrected chi connectivity index (χ2v) is 5.17. The van der Waals surface area contributed by atoms with Crippen molar-refractivity contribution >= 4 is 11.9 Å². The van der Waals surface area contributed by atoms with Gasteiger partial charge in [-0.2, -0.15) is 13.2 Å². The van der Waals surface area contributed by atoms with E-state index in [9.17, 15) is 22.8 Å². The van der Waals surface area contributed by atoms with Gasteiger partial charge in [-0.25, -0.2) is 0 Å². The lowest BCUT2D eigenvalue weighted by molar-refractivity contribution is -0.194. The molecule has 20 heavy (non-hydrogen) atoms. The number of esters is 1. The lowest BCUT2D eigenvalue weighted by atomic mass is 10.00. The van der Waals surface area contributed by atoms with E-state index < -0.39 is 23.6 Å². The van der Waals surface area contributed by atoms with Crippen LogP contribution in [0.25, 0.3) is 0 Å². The summed E-state index contributed by atoms with van der Waals surface area (Å²) in [5, 5.41) is 0. The Morgan fingerprint density at radius 3 is 2.15 bits per heavy atom. The number of nitrogens with zero attached hydrogens (tertiary/aromatic N) is 1. The molecule has 1 amide bonds. The van der Waals surface area contributed by atoms with Gasteiger partial charge >= 0.3 is 12.1 Å². The summed E-state index contributed by atoms with van der Waals surface area (Å²) in [6.45, 7) is 4.05. The molecule has 0 rings (SSSR count). The van der Waals surface area contributed by atoms with Crippen molar-refractivity contribution in [2.45, 2.75) is 38.9 Å². The number of carbonyl (C=O) groups is 2. The van der Waals surface area contributed by atoms with E-state index in [1.54, 1.807) is 13.8 Å². The van der Waals surface area contributed by atoms with Crippen LogP contribution in [0.1, 0.15) is 27.2 Å². The van der Waals surface area contributed by atoms with Crippen molar-refractivity contribution in [3.8, 4) is 0 Å². The van der Waals surface area contributed by atoms with Gasteiger partial charge in [-0.05, 0) is 12.8 Å². The topological polar surface area (TPSA) is 72.6 Å². The number of carbonyl (C=O) groups excluding carboxylic acids is 2. The maximum absolute atomic E-state index is 12.8. The highest BCUT2D eigenvalue weighted by molar-refractivity contribution is 5.87. The van der Waals surface area contributed by atoms with Crippen LogP contribution in [0.5, 0.6) is 0 Å². The summed E-state index contributed by atoms with van der Waals surface area (Å²) in [4.78, 5) is 24.0. The van der Waals surface area contributed by atoms with Gasteiger partial charge in [0.15, 0.2) is 5.54 Å². The minimum Gasteiger partial charge on any atom is -0.469 e. The van der Waals surface area contributed by atoms with Crippen LogP contribution in [0.15, 0.2) is 0 Å². The molecule has 0 aliphatic heterocycles. The molecule has 0 saturated carbocycles. The van der Waals surface area contributed by atoms with Crippen LogP contribution in [-0.4, -0.2) is 48.7 Å². The Kier molecular flexibility index (Phi) is 6.46. The van der Waals surface area contributed by atoms with Gasteiger partial charge < -0.3 is 15.4 Å². The van der Waals surface area contributed by atoms with E-state index in [4.69, 9.17) is 5.73 Å². The number of hydrogen-bond donors (Lipinski definition) is 1. The zero-order valence-electron chi connectivity index (χ0n) is 12.1. The lowest BCUT2D eigenvalue weighted by Crippen LogP contribution is -2.62. The molecule has 0 heterocycles. The van der Waals surface area contributed by atoms with Crippen molar-refractivity contribution in [1.82, 2.24) is 4.90 Å².